The quantitative estimate of drug-likeness (QED) is 0.710. The lowest BCUT2D eigenvalue weighted by Crippen LogP contribution is -2.35. The van der Waals surface area contributed by atoms with E-state index in [0.29, 0.717) is 18.7 Å². The third-order valence-corrected chi connectivity index (χ3v) is 4.18. The molecular formula is C19H20N4O2. The van der Waals surface area contributed by atoms with Gasteiger partial charge in [0, 0.05) is 20.0 Å². The van der Waals surface area contributed by atoms with E-state index in [0.717, 1.165) is 16.6 Å². The Hall–Kier alpha value is -2.99. The fourth-order valence-corrected chi connectivity index (χ4v) is 2.86. The first-order chi connectivity index (χ1) is 12.1. The second kappa shape index (κ2) is 7.27. The predicted molar refractivity (Wildman–Crippen MR) is 97.1 cm³/mol. The number of carbonyl (C=O) groups is 1. The number of aromatic nitrogens is 2. The zero-order valence-corrected chi connectivity index (χ0v) is 14.0. The van der Waals surface area contributed by atoms with Crippen LogP contribution in [0.4, 0.5) is 0 Å². The van der Waals surface area contributed by atoms with Crippen LogP contribution in [0, 0.1) is 0 Å². The Kier molecular flexibility index (Phi) is 4.90. The van der Waals surface area contributed by atoms with Gasteiger partial charge >= 0.3 is 0 Å². The van der Waals surface area contributed by atoms with Gasteiger partial charge in [0.05, 0.1) is 11.0 Å². The van der Waals surface area contributed by atoms with Crippen LogP contribution in [0.15, 0.2) is 59.4 Å². The molecule has 6 heteroatoms. The minimum Gasteiger partial charge on any atom is -0.368 e. The summed E-state index contributed by atoms with van der Waals surface area (Å²) in [7, 11) is 1.74. The lowest BCUT2D eigenvalue weighted by atomic mass is 10.1. The van der Waals surface area contributed by atoms with Crippen LogP contribution in [-0.4, -0.2) is 22.0 Å². The Labute approximate surface area is 145 Å². The minimum atomic E-state index is -0.592. The Morgan fingerprint density at radius 3 is 2.56 bits per heavy atom. The maximum atomic E-state index is 12.4. The Bertz CT molecular complexity index is 951. The molecule has 0 aliphatic carbocycles. The lowest BCUT2D eigenvalue weighted by Gasteiger charge is -2.16. The van der Waals surface area contributed by atoms with E-state index < -0.39 is 11.9 Å². The van der Waals surface area contributed by atoms with Crippen LogP contribution < -0.4 is 16.6 Å². The highest BCUT2D eigenvalue weighted by atomic mass is 16.1. The highest BCUT2D eigenvalue weighted by Crippen LogP contribution is 2.12. The number of primary amides is 1. The van der Waals surface area contributed by atoms with Crippen molar-refractivity contribution in [2.24, 2.45) is 12.8 Å². The normalized spacial score (nSPS) is 12.2. The van der Waals surface area contributed by atoms with Crippen LogP contribution in [0.3, 0.4) is 0 Å². The number of hydrogen-bond donors (Lipinski definition) is 2. The summed E-state index contributed by atoms with van der Waals surface area (Å²) in [4.78, 5) is 28.6. The third kappa shape index (κ3) is 3.59. The maximum absolute atomic E-state index is 12.4. The van der Waals surface area contributed by atoms with E-state index >= 15 is 0 Å². The van der Waals surface area contributed by atoms with E-state index in [1.165, 1.54) is 0 Å². The number of carbonyl (C=O) groups excluding carboxylic acids is 1. The van der Waals surface area contributed by atoms with E-state index in [9.17, 15) is 9.59 Å². The average Bonchev–Trinajstić information content (AvgIpc) is 2.63. The van der Waals surface area contributed by atoms with Crippen molar-refractivity contribution in [3.8, 4) is 0 Å². The number of fused-ring (bicyclic) bond motifs is 1. The molecule has 128 valence electrons. The van der Waals surface area contributed by atoms with Crippen molar-refractivity contribution in [1.29, 1.82) is 0 Å². The van der Waals surface area contributed by atoms with Crippen LogP contribution in [0.1, 0.15) is 17.3 Å². The molecule has 0 saturated heterocycles. The van der Waals surface area contributed by atoms with E-state index in [4.69, 9.17) is 5.73 Å². The first-order valence-electron chi connectivity index (χ1n) is 8.10. The Morgan fingerprint density at radius 2 is 1.84 bits per heavy atom. The van der Waals surface area contributed by atoms with Crippen molar-refractivity contribution in [2.75, 3.05) is 6.54 Å². The van der Waals surface area contributed by atoms with Gasteiger partial charge in [-0.15, -0.1) is 0 Å². The molecule has 0 radical (unpaired) electrons. The van der Waals surface area contributed by atoms with Crippen LogP contribution >= 0.6 is 0 Å². The van der Waals surface area contributed by atoms with Gasteiger partial charge in [-0.25, -0.2) is 4.98 Å². The molecule has 3 aromatic rings. The molecule has 0 bridgehead atoms. The summed E-state index contributed by atoms with van der Waals surface area (Å²) in [5.74, 6) is -0.453. The molecule has 0 spiro atoms. The topological polar surface area (TPSA) is 90.0 Å². The van der Waals surface area contributed by atoms with Gasteiger partial charge in [-0.05, 0) is 17.7 Å². The zero-order valence-electron chi connectivity index (χ0n) is 14.0. The molecule has 0 fully saturated rings. The monoisotopic (exact) mass is 336 g/mol. The summed E-state index contributed by atoms with van der Waals surface area (Å²) in [6, 6.07) is 16.2. The van der Waals surface area contributed by atoms with Crippen molar-refractivity contribution in [1.82, 2.24) is 14.9 Å². The summed E-state index contributed by atoms with van der Waals surface area (Å²) < 4.78 is 1.60. The zero-order chi connectivity index (χ0) is 17.8. The molecule has 2 aromatic carbocycles. The average molecular weight is 336 g/mol. The van der Waals surface area contributed by atoms with Crippen LogP contribution in [0.5, 0.6) is 0 Å². The van der Waals surface area contributed by atoms with Crippen molar-refractivity contribution in [2.45, 2.75) is 12.5 Å². The minimum absolute atomic E-state index is 0.129. The Morgan fingerprint density at radius 1 is 1.16 bits per heavy atom. The van der Waals surface area contributed by atoms with Gasteiger partial charge in [0.1, 0.15) is 11.7 Å². The molecular weight excluding hydrogens is 316 g/mol. The van der Waals surface area contributed by atoms with Crippen molar-refractivity contribution < 1.29 is 4.79 Å². The molecule has 25 heavy (non-hydrogen) atoms. The molecule has 0 aliphatic rings. The van der Waals surface area contributed by atoms with Gasteiger partial charge < -0.3 is 15.6 Å². The maximum Gasteiger partial charge on any atom is 0.272 e. The fourth-order valence-electron chi connectivity index (χ4n) is 2.86. The van der Waals surface area contributed by atoms with Crippen molar-refractivity contribution >= 4 is 16.9 Å². The van der Waals surface area contributed by atoms with Gasteiger partial charge in [0.25, 0.3) is 5.56 Å². The molecule has 0 unspecified atom stereocenters. The van der Waals surface area contributed by atoms with Crippen LogP contribution in [0.25, 0.3) is 11.0 Å². The van der Waals surface area contributed by atoms with Crippen LogP contribution in [-0.2, 0) is 18.3 Å². The second-order valence-corrected chi connectivity index (χ2v) is 5.86. The summed E-state index contributed by atoms with van der Waals surface area (Å²) in [5.41, 5.74) is 8.20. The molecule has 0 aliphatic heterocycles. The first-order valence-corrected chi connectivity index (χ1v) is 8.10. The number of rotatable bonds is 6. The van der Waals surface area contributed by atoms with E-state index in [2.05, 4.69) is 10.3 Å². The fraction of sp³-hybridized carbons (Fsp3) is 0.211. The smallest absolute Gasteiger partial charge is 0.272 e. The standard InChI is InChI=1S/C19H20N4O2/c1-23-16-10-6-5-9-14(16)22-15(19(23)25)11-12-21-17(18(20)24)13-7-3-2-4-8-13/h2-10,17,21H,11-12H2,1H3,(H2,20,24)/t17-/m1/s1. The molecule has 1 atom stereocenters. The number of amides is 1. The Balaban J connectivity index is 1.77. The highest BCUT2D eigenvalue weighted by molar-refractivity contribution is 5.81. The summed E-state index contributed by atoms with van der Waals surface area (Å²) in [6.07, 6.45) is 0.411. The van der Waals surface area contributed by atoms with Gasteiger partial charge in [0.2, 0.25) is 5.91 Å². The number of nitrogens with one attached hydrogen (secondary N) is 1. The lowest BCUT2D eigenvalue weighted by molar-refractivity contribution is -0.120. The molecule has 3 N–H and O–H groups in total. The molecule has 1 heterocycles. The highest BCUT2D eigenvalue weighted by Gasteiger charge is 2.17. The summed E-state index contributed by atoms with van der Waals surface area (Å²) in [6.45, 7) is 0.420. The van der Waals surface area contributed by atoms with Crippen molar-refractivity contribution in [3.05, 3.63) is 76.2 Å². The molecule has 1 aromatic heterocycles. The molecule has 3 rings (SSSR count). The third-order valence-electron chi connectivity index (χ3n) is 4.18. The first kappa shape index (κ1) is 16.9. The largest absolute Gasteiger partial charge is 0.368 e. The van der Waals surface area contributed by atoms with Crippen LogP contribution in [0.2, 0.25) is 0 Å². The number of nitrogens with two attached hydrogens (primary N) is 1. The molecule has 0 saturated carbocycles. The number of aryl methyl sites for hydroxylation is 1. The number of benzene rings is 2. The van der Waals surface area contributed by atoms with Gasteiger partial charge in [0.15, 0.2) is 0 Å². The second-order valence-electron chi connectivity index (χ2n) is 5.86. The van der Waals surface area contributed by atoms with E-state index in [1.807, 2.05) is 54.6 Å². The summed E-state index contributed by atoms with van der Waals surface area (Å²) in [5, 5.41) is 3.12. The number of hydrogen-bond acceptors (Lipinski definition) is 4. The van der Waals surface area contributed by atoms with Gasteiger partial charge in [-0.3, -0.25) is 9.59 Å². The number of para-hydroxylation sites is 2. The van der Waals surface area contributed by atoms with Crippen molar-refractivity contribution in [3.63, 3.8) is 0 Å². The summed E-state index contributed by atoms with van der Waals surface area (Å²) >= 11 is 0. The van der Waals surface area contributed by atoms with E-state index in [1.54, 1.807) is 11.6 Å². The SMILES string of the molecule is Cn1c(=O)c(CCN[C@@H](C(N)=O)c2ccccc2)nc2ccccc21. The number of nitrogens with zero attached hydrogens (tertiary/aromatic N) is 2. The van der Waals surface area contributed by atoms with Gasteiger partial charge in [-0.1, -0.05) is 42.5 Å². The predicted octanol–water partition coefficient (Wildman–Crippen LogP) is 1.29. The molecule has 1 amide bonds. The van der Waals surface area contributed by atoms with Gasteiger partial charge in [-0.2, -0.15) is 0 Å². The molecule has 6 nitrogen and oxygen atoms in total. The van der Waals surface area contributed by atoms with E-state index in [-0.39, 0.29) is 5.56 Å².